The molecule has 14 unspecified atom stereocenters. The fraction of sp³-hybridized carbons (Fsp3) is 0.757. The maximum absolute atomic E-state index is 14.0. The first-order valence-corrected chi connectivity index (χ1v) is 18.0. The highest BCUT2D eigenvalue weighted by atomic mass is 16.5. The van der Waals surface area contributed by atoms with Gasteiger partial charge in [0, 0.05) is 82.3 Å². The van der Waals surface area contributed by atoms with E-state index in [0.29, 0.717) is 25.9 Å². The normalized spacial score (nSPS) is 44.4. The molecule has 1 heterocycles. The summed E-state index contributed by atoms with van der Waals surface area (Å²) in [5.74, 6) is -3.02. The number of anilines is 1. The van der Waals surface area contributed by atoms with E-state index < -0.39 is 57.9 Å². The lowest BCUT2D eigenvalue weighted by Gasteiger charge is -2.70. The van der Waals surface area contributed by atoms with E-state index in [1.54, 1.807) is 59.6 Å². The molecule has 5 aliphatic carbocycles. The molecule has 276 valence electrons. The Morgan fingerprint density at radius 2 is 1.82 bits per heavy atom. The van der Waals surface area contributed by atoms with Crippen molar-refractivity contribution in [1.29, 1.82) is 0 Å². The molecule has 13 nitrogen and oxygen atoms in total. The van der Waals surface area contributed by atoms with E-state index in [2.05, 4.69) is 17.1 Å². The number of fused-ring (bicyclic) bond motifs is 2. The molecule has 1 aromatic carbocycles. The van der Waals surface area contributed by atoms with Crippen LogP contribution in [-0.4, -0.2) is 123 Å². The molecule has 7 bridgehead atoms. The monoisotopic (exact) mass is 699 g/mol. The molecule has 1 aromatic rings. The molecule has 2 amide bonds. The van der Waals surface area contributed by atoms with Gasteiger partial charge in [0.05, 0.1) is 48.3 Å². The third-order valence-electron chi connectivity index (χ3n) is 14.2. The Kier molecular flexibility index (Phi) is 8.93. The van der Waals surface area contributed by atoms with Crippen LogP contribution in [0.3, 0.4) is 0 Å². The van der Waals surface area contributed by atoms with Crippen molar-refractivity contribution in [2.75, 3.05) is 53.5 Å². The number of para-hydroxylation sites is 1. The largest absolute Gasteiger partial charge is 0.461 e. The zero-order valence-electron chi connectivity index (χ0n) is 29.9. The van der Waals surface area contributed by atoms with Gasteiger partial charge in [-0.05, 0) is 43.9 Å². The molecular weight excluding hydrogens is 646 g/mol. The molecule has 1 saturated heterocycles. The van der Waals surface area contributed by atoms with Gasteiger partial charge in [-0.15, -0.1) is 0 Å². The van der Waals surface area contributed by atoms with E-state index in [9.17, 15) is 24.6 Å². The molecule has 50 heavy (non-hydrogen) atoms. The first-order valence-electron chi connectivity index (χ1n) is 18.0. The van der Waals surface area contributed by atoms with Gasteiger partial charge in [-0.1, -0.05) is 26.0 Å². The predicted molar refractivity (Wildman–Crippen MR) is 180 cm³/mol. The number of hydrogen-bond donors (Lipinski definition) is 4. The fourth-order valence-electron chi connectivity index (χ4n) is 12.7. The Hall–Kier alpha value is -2.65. The zero-order valence-corrected chi connectivity index (χ0v) is 29.9. The molecule has 1 aliphatic heterocycles. The number of primary amides is 1. The van der Waals surface area contributed by atoms with Gasteiger partial charge in [0.25, 0.3) is 0 Å². The molecule has 6 fully saturated rings. The number of likely N-dealkylation sites (N-methyl/N-ethyl adjacent to an activating group) is 1. The lowest BCUT2D eigenvalue weighted by atomic mass is 9.42. The van der Waals surface area contributed by atoms with Crippen LogP contribution in [0.2, 0.25) is 0 Å². The zero-order chi connectivity index (χ0) is 36.0. The Balaban J connectivity index is 1.29. The Morgan fingerprint density at radius 1 is 1.08 bits per heavy atom. The van der Waals surface area contributed by atoms with E-state index in [1.165, 1.54) is 0 Å². The van der Waals surface area contributed by atoms with Crippen LogP contribution >= 0.6 is 0 Å². The number of hydrogen-bond acceptors (Lipinski definition) is 11. The number of carbonyl (C=O) groups is 3. The van der Waals surface area contributed by atoms with E-state index in [1.807, 2.05) is 0 Å². The third-order valence-corrected chi connectivity index (χ3v) is 14.2. The van der Waals surface area contributed by atoms with Crippen LogP contribution in [0.15, 0.2) is 24.3 Å². The highest BCUT2D eigenvalue weighted by Gasteiger charge is 2.91. The van der Waals surface area contributed by atoms with Crippen molar-refractivity contribution in [3.8, 4) is 0 Å². The summed E-state index contributed by atoms with van der Waals surface area (Å²) >= 11 is 0. The summed E-state index contributed by atoms with van der Waals surface area (Å²) in [5.41, 5.74) is 1.21. The van der Waals surface area contributed by atoms with Crippen LogP contribution in [0, 0.1) is 40.4 Å². The Bertz CT molecular complexity index is 1530. The quantitative estimate of drug-likeness (QED) is 0.233. The predicted octanol–water partition coefficient (Wildman–Crippen LogP) is 1.59. The van der Waals surface area contributed by atoms with Crippen molar-refractivity contribution in [2.24, 2.45) is 46.2 Å². The second-order valence-electron chi connectivity index (χ2n) is 15.9. The van der Waals surface area contributed by atoms with Crippen LogP contribution in [0.4, 0.5) is 5.69 Å². The van der Waals surface area contributed by atoms with Crippen LogP contribution in [0.5, 0.6) is 0 Å². The molecule has 14 atom stereocenters. The van der Waals surface area contributed by atoms with Crippen LogP contribution in [-0.2, 0) is 33.3 Å². The summed E-state index contributed by atoms with van der Waals surface area (Å²) in [5, 5.41) is 29.3. The van der Waals surface area contributed by atoms with Crippen LogP contribution in [0.1, 0.15) is 56.3 Å². The van der Waals surface area contributed by atoms with E-state index >= 15 is 0 Å². The summed E-state index contributed by atoms with van der Waals surface area (Å²) in [6.07, 6.45) is 0.586. The minimum atomic E-state index is -1.70. The topological polar surface area (TPSA) is 179 Å². The molecule has 0 aromatic heterocycles. The summed E-state index contributed by atoms with van der Waals surface area (Å²) < 4.78 is 31.3. The molecular formula is C37H53N3O10. The molecule has 6 aliphatic rings. The lowest BCUT2D eigenvalue weighted by molar-refractivity contribution is -0.320. The molecule has 7 rings (SSSR count). The highest BCUT2D eigenvalue weighted by Crippen LogP contribution is 2.80. The molecule has 5 saturated carbocycles. The van der Waals surface area contributed by atoms with Gasteiger partial charge in [0.2, 0.25) is 11.8 Å². The Labute approximate surface area is 293 Å². The number of aliphatic hydroxyl groups is 2. The minimum Gasteiger partial charge on any atom is -0.461 e. The number of nitrogens with two attached hydrogens (primary N) is 1. The average molecular weight is 700 g/mol. The average Bonchev–Trinajstić information content (AvgIpc) is 3.52. The highest BCUT2D eigenvalue weighted by molar-refractivity contribution is 6.02. The number of rotatable bonds is 12. The van der Waals surface area contributed by atoms with Gasteiger partial charge in [-0.3, -0.25) is 14.5 Å². The number of likely N-dealkylation sites (tertiary alicyclic amines) is 1. The smallest absolute Gasteiger partial charge is 0.340 e. The number of nitrogens with one attached hydrogen (secondary N) is 1. The van der Waals surface area contributed by atoms with Crippen LogP contribution in [0.25, 0.3) is 0 Å². The second-order valence-corrected chi connectivity index (χ2v) is 15.9. The van der Waals surface area contributed by atoms with Crippen LogP contribution < -0.4 is 11.1 Å². The maximum atomic E-state index is 14.0. The minimum absolute atomic E-state index is 0.0402. The summed E-state index contributed by atoms with van der Waals surface area (Å²) in [6.45, 7) is 4.84. The summed E-state index contributed by atoms with van der Waals surface area (Å²) in [6, 6.07) is 6.16. The van der Waals surface area contributed by atoms with Gasteiger partial charge in [0.15, 0.2) is 0 Å². The first kappa shape index (κ1) is 35.7. The molecule has 5 N–H and O–H groups in total. The van der Waals surface area contributed by atoms with Gasteiger partial charge in [-0.25, -0.2) is 4.79 Å². The summed E-state index contributed by atoms with van der Waals surface area (Å²) in [7, 11) is 6.69. The lowest BCUT2D eigenvalue weighted by Crippen LogP contribution is -2.82. The number of methoxy groups -OCH3 is 4. The number of benzene rings is 1. The standard InChI is InChI=1S/C37H53N3O10/c1-7-40-17-34(18-50-32(43)20-10-8-9-11-23(20)39-31(42)19(2)14-26(38)41)13-12-25(47-4)36-22-15-21-24(46-3)16-35(44,27(22)28(21)48-5)37(45,33(36)40)30(49-6)29(34)36/h8-11,19,21-22,24-25,27-30,33,44-45H,7,12-18H2,1-6H3,(H2,38,41)(H,39,42). The third kappa shape index (κ3) is 4.46. The van der Waals surface area contributed by atoms with Gasteiger partial charge < -0.3 is 44.9 Å². The SMILES string of the molecule is CCN1CC2(COC(=O)c3ccccc3NC(=O)C(C)CC(N)=O)CCC(OC)C34C5CC6C(OC)CC(O)(C5C6OC)C(O)(C(OC)C23)C14. The number of esters is 1. The summed E-state index contributed by atoms with van der Waals surface area (Å²) in [4.78, 5) is 40.5. The van der Waals surface area contributed by atoms with Crippen molar-refractivity contribution < 1.29 is 48.3 Å². The van der Waals surface area contributed by atoms with Crippen molar-refractivity contribution in [1.82, 2.24) is 4.90 Å². The first-order chi connectivity index (χ1) is 23.8. The van der Waals surface area contributed by atoms with Crippen molar-refractivity contribution >= 4 is 23.5 Å². The fourth-order valence-corrected chi connectivity index (χ4v) is 12.7. The van der Waals surface area contributed by atoms with Crippen molar-refractivity contribution in [3.63, 3.8) is 0 Å². The number of nitrogens with zero attached hydrogens (tertiary/aromatic N) is 1. The number of amides is 2. The van der Waals surface area contributed by atoms with E-state index in [-0.39, 0.29) is 72.7 Å². The van der Waals surface area contributed by atoms with E-state index in [4.69, 9.17) is 29.4 Å². The van der Waals surface area contributed by atoms with Gasteiger partial charge >= 0.3 is 5.97 Å². The Morgan fingerprint density at radius 3 is 2.46 bits per heavy atom. The number of ether oxygens (including phenoxy) is 5. The maximum Gasteiger partial charge on any atom is 0.340 e. The van der Waals surface area contributed by atoms with Gasteiger partial charge in [0.1, 0.15) is 11.2 Å². The van der Waals surface area contributed by atoms with E-state index in [0.717, 1.165) is 6.42 Å². The molecule has 0 radical (unpaired) electrons. The van der Waals surface area contributed by atoms with Crippen molar-refractivity contribution in [2.45, 2.75) is 87.6 Å². The number of piperidine rings is 1. The molecule has 13 heteroatoms. The molecule has 1 spiro atoms. The van der Waals surface area contributed by atoms with Gasteiger partial charge in [-0.2, -0.15) is 0 Å². The van der Waals surface area contributed by atoms with Crippen molar-refractivity contribution in [3.05, 3.63) is 29.8 Å². The number of carbonyl (C=O) groups excluding carboxylic acids is 3. The second kappa shape index (κ2) is 12.5.